The Bertz CT molecular complexity index is 682. The number of allylic oxidation sites excluding steroid dienone is 1. The molecule has 3 heteroatoms. The van der Waals surface area contributed by atoms with Crippen LogP contribution in [0.1, 0.15) is 21.8 Å². The zero-order valence-electron chi connectivity index (χ0n) is 14.3. The molecule has 2 aromatic rings. The van der Waals surface area contributed by atoms with Crippen LogP contribution in [0, 0.1) is 0 Å². The molecule has 0 aliphatic heterocycles. The van der Waals surface area contributed by atoms with Crippen LogP contribution in [0.15, 0.2) is 64.8 Å². The van der Waals surface area contributed by atoms with Gasteiger partial charge in [-0.15, -0.1) is 0 Å². The van der Waals surface area contributed by atoms with Crippen LogP contribution in [0.5, 0.6) is 5.75 Å². The second-order valence-electron chi connectivity index (χ2n) is 6.71. The number of hydrogen-bond acceptors (Lipinski definition) is 2. The van der Waals surface area contributed by atoms with Gasteiger partial charge in [0.1, 0.15) is 0 Å². The topological polar surface area (TPSA) is 26.3 Å². The molecule has 0 N–H and O–H groups in total. The third-order valence-corrected chi connectivity index (χ3v) is 10.4. The predicted molar refractivity (Wildman–Crippen MR) is 99.0 cm³/mol. The standard InChI is InChI=1S/C17H15O2.3CH3.Sn/c1-3-16(13-9-11-15(19-2)12-10-13)17(18)14-7-5-4-6-8-14;;;;/h4-12,16H,1H2,2H3;3*1H3;. The van der Waals surface area contributed by atoms with Crippen molar-refractivity contribution in [3.63, 3.8) is 0 Å². The van der Waals surface area contributed by atoms with E-state index in [2.05, 4.69) is 21.4 Å². The van der Waals surface area contributed by atoms with Crippen molar-refractivity contribution < 1.29 is 9.53 Å². The van der Waals surface area contributed by atoms with E-state index >= 15 is 0 Å². The molecule has 0 aliphatic rings. The van der Waals surface area contributed by atoms with Crippen molar-refractivity contribution in [2.45, 2.75) is 20.7 Å². The van der Waals surface area contributed by atoms with Gasteiger partial charge in [0.2, 0.25) is 0 Å². The molecule has 0 saturated carbocycles. The Morgan fingerprint density at radius 1 is 1.00 bits per heavy atom. The van der Waals surface area contributed by atoms with Crippen molar-refractivity contribution >= 4 is 24.2 Å². The van der Waals surface area contributed by atoms with Crippen molar-refractivity contribution in [3.05, 3.63) is 75.9 Å². The Hall–Kier alpha value is -1.55. The molecule has 2 nitrogen and oxygen atoms in total. The molecule has 2 rings (SSSR count). The molecule has 0 heterocycles. The van der Waals surface area contributed by atoms with E-state index in [0.717, 1.165) is 20.5 Å². The summed E-state index contributed by atoms with van der Waals surface area (Å²) in [6.07, 6.45) is 0. The fraction of sp³-hybridized carbons (Fsp3) is 0.250. The van der Waals surface area contributed by atoms with Gasteiger partial charge in [0.25, 0.3) is 0 Å². The molecule has 1 atom stereocenters. The van der Waals surface area contributed by atoms with E-state index in [1.807, 2.05) is 54.6 Å². The molecule has 0 saturated heterocycles. The number of hydrogen-bond donors (Lipinski definition) is 0. The van der Waals surface area contributed by atoms with Crippen LogP contribution < -0.4 is 4.74 Å². The summed E-state index contributed by atoms with van der Waals surface area (Å²) in [5.41, 5.74) is 1.74. The first-order chi connectivity index (χ1) is 10.8. The molecule has 0 radical (unpaired) electrons. The second kappa shape index (κ2) is 7.35. The Balaban J connectivity index is 2.47. The molecule has 0 amide bonds. The normalized spacial score (nSPS) is 12.5. The molecular weight excluding hydrogens is 391 g/mol. The number of methoxy groups -OCH3 is 1. The third kappa shape index (κ3) is 4.25. The average molecular weight is 415 g/mol. The minimum atomic E-state index is -2.45. The van der Waals surface area contributed by atoms with Crippen molar-refractivity contribution in [2.24, 2.45) is 0 Å². The fourth-order valence-electron chi connectivity index (χ4n) is 2.51. The Morgan fingerprint density at radius 3 is 2.04 bits per heavy atom. The van der Waals surface area contributed by atoms with Gasteiger partial charge in [-0.3, -0.25) is 0 Å². The predicted octanol–water partition coefficient (Wildman–Crippen LogP) is 5.10. The van der Waals surface area contributed by atoms with E-state index in [9.17, 15) is 4.79 Å². The van der Waals surface area contributed by atoms with Crippen LogP contribution in [0.2, 0.25) is 14.8 Å². The number of carbonyl (C=O) groups excluding carboxylic acids is 1. The van der Waals surface area contributed by atoms with Gasteiger partial charge in [0, 0.05) is 0 Å². The van der Waals surface area contributed by atoms with Crippen molar-refractivity contribution in [3.8, 4) is 5.75 Å². The van der Waals surface area contributed by atoms with E-state index < -0.39 is 18.4 Å². The monoisotopic (exact) mass is 416 g/mol. The van der Waals surface area contributed by atoms with Gasteiger partial charge in [-0.25, -0.2) is 0 Å². The van der Waals surface area contributed by atoms with E-state index in [0.29, 0.717) is 0 Å². The first-order valence-electron chi connectivity index (χ1n) is 7.77. The molecule has 2 aromatic carbocycles. The van der Waals surface area contributed by atoms with Crippen LogP contribution >= 0.6 is 0 Å². The number of Topliss-reactive ketones (excluding diaryl/α,β-unsaturated/α-hetero) is 1. The first-order valence-corrected chi connectivity index (χ1v) is 17.8. The van der Waals surface area contributed by atoms with Crippen LogP contribution in [0.4, 0.5) is 0 Å². The molecule has 23 heavy (non-hydrogen) atoms. The van der Waals surface area contributed by atoms with Gasteiger partial charge < -0.3 is 0 Å². The SMILES string of the molecule is C=[C](C(C(=O)c1ccccc1)c1ccc(OC)cc1)[Sn]([CH3])([CH3])[CH3]. The number of rotatable bonds is 6. The average Bonchev–Trinajstić information content (AvgIpc) is 2.55. The van der Waals surface area contributed by atoms with Gasteiger partial charge in [-0.2, -0.15) is 0 Å². The van der Waals surface area contributed by atoms with Crippen LogP contribution in [0.25, 0.3) is 0 Å². The Morgan fingerprint density at radius 2 is 1.57 bits per heavy atom. The van der Waals surface area contributed by atoms with Gasteiger partial charge >= 0.3 is 143 Å². The van der Waals surface area contributed by atoms with Crippen LogP contribution in [0.3, 0.4) is 0 Å². The van der Waals surface area contributed by atoms with E-state index in [1.165, 1.54) is 0 Å². The van der Waals surface area contributed by atoms with Gasteiger partial charge in [0.05, 0.1) is 0 Å². The summed E-state index contributed by atoms with van der Waals surface area (Å²) >= 11 is -2.45. The summed E-state index contributed by atoms with van der Waals surface area (Å²) in [7, 11) is 1.64. The van der Waals surface area contributed by atoms with Crippen LogP contribution in [-0.2, 0) is 0 Å². The summed E-state index contributed by atoms with van der Waals surface area (Å²) in [4.78, 5) is 20.0. The fourth-order valence-corrected chi connectivity index (χ4v) is 5.83. The maximum atomic E-state index is 13.1. The van der Waals surface area contributed by atoms with E-state index in [4.69, 9.17) is 4.74 Å². The Labute approximate surface area is 143 Å². The van der Waals surface area contributed by atoms with Crippen LogP contribution in [-0.4, -0.2) is 31.3 Å². The summed E-state index contributed by atoms with van der Waals surface area (Å²) in [5, 5.41) is 0. The number of benzene rings is 2. The molecule has 0 aliphatic carbocycles. The molecule has 0 spiro atoms. The van der Waals surface area contributed by atoms with Gasteiger partial charge in [-0.1, -0.05) is 0 Å². The molecular formula is C20H24O2Sn. The number of carbonyl (C=O) groups is 1. The molecule has 1 unspecified atom stereocenters. The summed E-state index contributed by atoms with van der Waals surface area (Å²) in [6, 6.07) is 17.3. The number of ether oxygens (including phenoxy) is 1. The third-order valence-electron chi connectivity index (χ3n) is 4.08. The zero-order valence-corrected chi connectivity index (χ0v) is 17.2. The molecule has 0 bridgehead atoms. The number of ketones is 1. The molecule has 120 valence electrons. The van der Waals surface area contributed by atoms with Gasteiger partial charge in [-0.05, 0) is 0 Å². The second-order valence-corrected chi connectivity index (χ2v) is 21.4. The maximum absolute atomic E-state index is 13.1. The summed E-state index contributed by atoms with van der Waals surface area (Å²) < 4.78 is 6.35. The van der Waals surface area contributed by atoms with E-state index in [-0.39, 0.29) is 11.7 Å². The summed E-state index contributed by atoms with van der Waals surface area (Å²) in [5.74, 6) is 0.663. The summed E-state index contributed by atoms with van der Waals surface area (Å²) in [6.45, 7) is 4.33. The van der Waals surface area contributed by atoms with E-state index in [1.54, 1.807) is 7.11 Å². The molecule has 0 aromatic heterocycles. The van der Waals surface area contributed by atoms with Gasteiger partial charge in [0.15, 0.2) is 0 Å². The van der Waals surface area contributed by atoms with Crippen molar-refractivity contribution in [2.75, 3.05) is 7.11 Å². The minimum absolute atomic E-state index is 0.132. The zero-order chi connectivity index (χ0) is 17.0. The Kier molecular flexibility index (Phi) is 5.68. The molecule has 0 fully saturated rings. The first kappa shape index (κ1) is 17.8. The quantitative estimate of drug-likeness (QED) is 0.485. The van der Waals surface area contributed by atoms with Crippen molar-refractivity contribution in [1.29, 1.82) is 0 Å². The van der Waals surface area contributed by atoms with Crippen molar-refractivity contribution in [1.82, 2.24) is 0 Å².